The SMILES string of the molecule is CC(C)(C)N(C(=O)O)C1CCN(C[C@@]23C[C@@H](c4ccccc42)c2ccc(Cl)cc23)CC1. The van der Waals surface area contributed by atoms with Crippen LogP contribution in [0, 0.1) is 0 Å². The summed E-state index contributed by atoms with van der Waals surface area (Å²) in [7, 11) is 0. The number of piperidine rings is 1. The number of fused-ring (bicyclic) bond motifs is 8. The zero-order valence-corrected chi connectivity index (χ0v) is 19.3. The average Bonchev–Trinajstić information content (AvgIpc) is 3.20. The molecule has 5 rings (SSSR count). The van der Waals surface area contributed by atoms with Gasteiger partial charge in [0, 0.05) is 47.6 Å². The van der Waals surface area contributed by atoms with Crippen LogP contribution in [0.1, 0.15) is 68.2 Å². The average molecular weight is 439 g/mol. The van der Waals surface area contributed by atoms with E-state index in [0.29, 0.717) is 5.92 Å². The lowest BCUT2D eigenvalue weighted by atomic mass is 9.74. The first-order valence-corrected chi connectivity index (χ1v) is 11.7. The molecule has 0 aromatic heterocycles. The standard InChI is InChI=1S/C26H31ClN2O2/c1-25(2,3)29(24(30)31)18-10-12-28(13-11-18)16-26-15-21(19-6-4-5-7-22(19)26)20-9-8-17(27)14-23(20)26/h4-9,14,18,21H,10-13,15-16H2,1-3H3,(H,30,31)/t21-,26-/m0/s1. The first-order chi connectivity index (χ1) is 14.7. The van der Waals surface area contributed by atoms with E-state index in [0.717, 1.165) is 43.9 Å². The highest BCUT2D eigenvalue weighted by molar-refractivity contribution is 6.30. The van der Waals surface area contributed by atoms with Gasteiger partial charge in [0.15, 0.2) is 0 Å². The van der Waals surface area contributed by atoms with Gasteiger partial charge in [-0.15, -0.1) is 0 Å². The van der Waals surface area contributed by atoms with Crippen molar-refractivity contribution < 1.29 is 9.90 Å². The summed E-state index contributed by atoms with van der Waals surface area (Å²) in [5.41, 5.74) is 5.37. The molecule has 2 aromatic carbocycles. The van der Waals surface area contributed by atoms with E-state index in [9.17, 15) is 9.90 Å². The number of carbonyl (C=O) groups is 1. The van der Waals surface area contributed by atoms with Gasteiger partial charge in [0.2, 0.25) is 0 Å². The van der Waals surface area contributed by atoms with E-state index in [1.54, 1.807) is 4.90 Å². The van der Waals surface area contributed by atoms with Gasteiger partial charge in [-0.05, 0) is 74.4 Å². The van der Waals surface area contributed by atoms with Gasteiger partial charge < -0.3 is 14.9 Å². The molecule has 0 radical (unpaired) electrons. The maximum atomic E-state index is 11.9. The summed E-state index contributed by atoms with van der Waals surface area (Å²) in [5, 5.41) is 10.6. The quantitative estimate of drug-likeness (QED) is 0.666. The monoisotopic (exact) mass is 438 g/mol. The van der Waals surface area contributed by atoms with Crippen molar-refractivity contribution in [3.8, 4) is 0 Å². The lowest BCUT2D eigenvalue weighted by molar-refractivity contribution is 0.0393. The van der Waals surface area contributed by atoms with Gasteiger partial charge in [0.1, 0.15) is 0 Å². The fourth-order valence-corrected chi connectivity index (χ4v) is 6.70. The van der Waals surface area contributed by atoms with Crippen molar-refractivity contribution in [1.29, 1.82) is 0 Å². The Morgan fingerprint density at radius 3 is 2.48 bits per heavy atom. The van der Waals surface area contributed by atoms with Crippen LogP contribution in [0.3, 0.4) is 0 Å². The van der Waals surface area contributed by atoms with Gasteiger partial charge in [0.05, 0.1) is 0 Å². The molecule has 2 bridgehead atoms. The normalized spacial score (nSPS) is 25.4. The highest BCUT2D eigenvalue weighted by Gasteiger charge is 2.53. The fraction of sp³-hybridized carbons (Fsp3) is 0.500. The van der Waals surface area contributed by atoms with Crippen LogP contribution in [0.4, 0.5) is 4.79 Å². The number of benzene rings is 2. The van der Waals surface area contributed by atoms with Crippen LogP contribution in [0.15, 0.2) is 42.5 Å². The van der Waals surface area contributed by atoms with E-state index >= 15 is 0 Å². The lowest BCUT2D eigenvalue weighted by Gasteiger charge is -2.45. The number of halogens is 1. The molecule has 164 valence electrons. The van der Waals surface area contributed by atoms with E-state index < -0.39 is 6.09 Å². The molecule has 1 N–H and O–H groups in total. The van der Waals surface area contributed by atoms with E-state index in [2.05, 4.69) is 41.3 Å². The van der Waals surface area contributed by atoms with Crippen molar-refractivity contribution >= 4 is 17.7 Å². The van der Waals surface area contributed by atoms with Crippen molar-refractivity contribution in [2.24, 2.45) is 0 Å². The summed E-state index contributed by atoms with van der Waals surface area (Å²) in [6, 6.07) is 15.4. The van der Waals surface area contributed by atoms with Crippen molar-refractivity contribution in [2.75, 3.05) is 19.6 Å². The molecule has 1 fully saturated rings. The molecule has 4 nitrogen and oxygen atoms in total. The molecular weight excluding hydrogens is 408 g/mol. The second-order valence-electron chi connectivity index (χ2n) is 10.5. The van der Waals surface area contributed by atoms with Gasteiger partial charge in [0.25, 0.3) is 0 Å². The molecule has 31 heavy (non-hydrogen) atoms. The van der Waals surface area contributed by atoms with Crippen LogP contribution in [0.2, 0.25) is 5.02 Å². The molecule has 1 heterocycles. The van der Waals surface area contributed by atoms with Gasteiger partial charge in [-0.25, -0.2) is 4.79 Å². The summed E-state index contributed by atoms with van der Waals surface area (Å²) >= 11 is 6.44. The molecule has 1 saturated heterocycles. The number of hydrogen-bond donors (Lipinski definition) is 1. The van der Waals surface area contributed by atoms with Crippen molar-refractivity contribution in [1.82, 2.24) is 9.80 Å². The molecular formula is C26H31ClN2O2. The Kier molecular flexibility index (Phi) is 4.87. The van der Waals surface area contributed by atoms with Crippen LogP contribution >= 0.6 is 11.6 Å². The molecule has 0 unspecified atom stereocenters. The third-order valence-electron chi connectivity index (χ3n) is 7.66. The Balaban J connectivity index is 1.41. The lowest BCUT2D eigenvalue weighted by Crippen LogP contribution is -2.55. The van der Waals surface area contributed by atoms with Crippen LogP contribution in [-0.2, 0) is 5.41 Å². The summed E-state index contributed by atoms with van der Waals surface area (Å²) in [6.07, 6.45) is 2.07. The Morgan fingerprint density at radius 2 is 1.81 bits per heavy atom. The summed E-state index contributed by atoms with van der Waals surface area (Å²) in [4.78, 5) is 16.1. The molecule has 2 atom stereocenters. The molecule has 5 heteroatoms. The van der Waals surface area contributed by atoms with Gasteiger partial charge in [-0.2, -0.15) is 0 Å². The minimum atomic E-state index is -0.809. The summed E-state index contributed by atoms with van der Waals surface area (Å²) in [5.74, 6) is 0.462. The largest absolute Gasteiger partial charge is 0.465 e. The Labute approximate surface area is 189 Å². The summed E-state index contributed by atoms with van der Waals surface area (Å²) in [6.45, 7) is 8.79. The topological polar surface area (TPSA) is 43.8 Å². The molecule has 2 aromatic rings. The van der Waals surface area contributed by atoms with Gasteiger partial charge >= 0.3 is 6.09 Å². The zero-order chi connectivity index (χ0) is 22.0. The minimum Gasteiger partial charge on any atom is -0.465 e. The number of rotatable bonds is 3. The van der Waals surface area contributed by atoms with E-state index in [4.69, 9.17) is 11.6 Å². The molecule has 1 aliphatic heterocycles. The number of amides is 1. The minimum absolute atomic E-state index is 0.00909. The van der Waals surface area contributed by atoms with Crippen LogP contribution in [0.25, 0.3) is 0 Å². The first-order valence-electron chi connectivity index (χ1n) is 11.3. The van der Waals surface area contributed by atoms with Crippen molar-refractivity contribution in [3.63, 3.8) is 0 Å². The highest BCUT2D eigenvalue weighted by atomic mass is 35.5. The van der Waals surface area contributed by atoms with Crippen LogP contribution in [0.5, 0.6) is 0 Å². The molecule has 1 amide bonds. The number of hydrogen-bond acceptors (Lipinski definition) is 2. The number of carboxylic acid groups (broad SMARTS) is 1. The highest BCUT2D eigenvalue weighted by Crippen LogP contribution is 2.60. The molecule has 0 saturated carbocycles. The molecule has 2 aliphatic carbocycles. The van der Waals surface area contributed by atoms with Crippen LogP contribution in [-0.4, -0.2) is 52.2 Å². The van der Waals surface area contributed by atoms with Crippen molar-refractivity contribution in [3.05, 3.63) is 69.7 Å². The maximum Gasteiger partial charge on any atom is 0.407 e. The maximum absolute atomic E-state index is 11.9. The molecule has 3 aliphatic rings. The van der Waals surface area contributed by atoms with Crippen LogP contribution < -0.4 is 0 Å². The van der Waals surface area contributed by atoms with E-state index in [1.165, 1.54) is 22.3 Å². The number of likely N-dealkylation sites (tertiary alicyclic amines) is 1. The van der Waals surface area contributed by atoms with E-state index in [-0.39, 0.29) is 17.0 Å². The smallest absolute Gasteiger partial charge is 0.407 e. The van der Waals surface area contributed by atoms with Gasteiger partial charge in [-0.3, -0.25) is 0 Å². The first kappa shape index (κ1) is 20.8. The Bertz CT molecular complexity index is 1020. The molecule has 0 spiro atoms. The Morgan fingerprint density at radius 1 is 1.13 bits per heavy atom. The third kappa shape index (κ3) is 3.27. The van der Waals surface area contributed by atoms with Crippen molar-refractivity contribution in [2.45, 2.75) is 62.9 Å². The Hall–Kier alpha value is -2.04. The zero-order valence-electron chi connectivity index (χ0n) is 18.6. The second kappa shape index (κ2) is 7.25. The fourth-order valence-electron chi connectivity index (χ4n) is 6.53. The predicted molar refractivity (Wildman–Crippen MR) is 124 cm³/mol. The summed E-state index contributed by atoms with van der Waals surface area (Å²) < 4.78 is 0. The predicted octanol–water partition coefficient (Wildman–Crippen LogP) is 5.72. The third-order valence-corrected chi connectivity index (χ3v) is 7.89. The van der Waals surface area contributed by atoms with Gasteiger partial charge in [-0.1, -0.05) is 41.9 Å². The number of nitrogens with zero attached hydrogens (tertiary/aromatic N) is 2. The second-order valence-corrected chi connectivity index (χ2v) is 10.9. The van der Waals surface area contributed by atoms with E-state index in [1.807, 2.05) is 26.8 Å².